The van der Waals surface area contributed by atoms with E-state index in [9.17, 15) is 8.42 Å². The number of rotatable bonds is 3. The second-order valence-electron chi connectivity index (χ2n) is 6.81. The van der Waals surface area contributed by atoms with Gasteiger partial charge in [0, 0.05) is 0 Å². The Bertz CT molecular complexity index is 593. The Labute approximate surface area is 133 Å². The average molecular weight is 323 g/mol. The molecular formula is C17H25NO3S. The summed E-state index contributed by atoms with van der Waals surface area (Å²) < 4.78 is 30.2. The lowest BCUT2D eigenvalue weighted by Gasteiger charge is -2.42. The minimum Gasteiger partial charge on any atom is -0.317 e. The summed E-state index contributed by atoms with van der Waals surface area (Å²) in [5.74, 6) is 0. The molecule has 1 aromatic carbocycles. The van der Waals surface area contributed by atoms with E-state index in [1.807, 2.05) is 6.92 Å². The number of hydrogen-bond donors (Lipinski definition) is 1. The molecule has 1 saturated heterocycles. The first-order chi connectivity index (χ1) is 10.5. The van der Waals surface area contributed by atoms with E-state index < -0.39 is 10.1 Å². The van der Waals surface area contributed by atoms with Crippen LogP contribution in [-0.2, 0) is 14.3 Å². The van der Waals surface area contributed by atoms with Crippen LogP contribution in [0, 0.1) is 12.3 Å². The van der Waals surface area contributed by atoms with Crippen LogP contribution in [0.4, 0.5) is 0 Å². The van der Waals surface area contributed by atoms with E-state index in [-0.39, 0.29) is 11.0 Å². The zero-order valence-electron chi connectivity index (χ0n) is 13.2. The number of benzene rings is 1. The highest BCUT2D eigenvalue weighted by Crippen LogP contribution is 2.44. The van der Waals surface area contributed by atoms with Crippen molar-refractivity contribution in [1.82, 2.24) is 5.32 Å². The molecule has 2 aliphatic rings. The molecule has 2 fully saturated rings. The van der Waals surface area contributed by atoms with Crippen molar-refractivity contribution in [1.29, 1.82) is 0 Å². The smallest absolute Gasteiger partial charge is 0.297 e. The van der Waals surface area contributed by atoms with Gasteiger partial charge in [-0.25, -0.2) is 0 Å². The van der Waals surface area contributed by atoms with E-state index in [1.165, 1.54) is 12.8 Å². The number of piperidine rings is 1. The molecule has 0 unspecified atom stereocenters. The summed E-state index contributed by atoms with van der Waals surface area (Å²) in [4.78, 5) is 0.264. The van der Waals surface area contributed by atoms with E-state index in [0.717, 1.165) is 44.3 Å². The average Bonchev–Trinajstić information content (AvgIpc) is 2.51. The molecular weight excluding hydrogens is 298 g/mol. The van der Waals surface area contributed by atoms with Crippen molar-refractivity contribution in [2.24, 2.45) is 5.41 Å². The number of nitrogens with one attached hydrogen (secondary N) is 1. The van der Waals surface area contributed by atoms with Crippen molar-refractivity contribution in [3.8, 4) is 0 Å². The van der Waals surface area contributed by atoms with E-state index >= 15 is 0 Å². The largest absolute Gasteiger partial charge is 0.317 e. The molecule has 1 spiro atoms. The summed E-state index contributed by atoms with van der Waals surface area (Å²) in [7, 11) is -3.63. The standard InChI is InChI=1S/C17H25NO3S/c1-14-2-4-16(5-3-14)22(19,20)21-15-6-8-17(9-7-15)10-12-18-13-11-17/h2-5,15,18H,6-13H2,1H3. The van der Waals surface area contributed by atoms with Gasteiger partial charge in [0.1, 0.15) is 0 Å². The summed E-state index contributed by atoms with van der Waals surface area (Å²) in [6.07, 6.45) is 6.14. The maximum atomic E-state index is 12.3. The Morgan fingerprint density at radius 3 is 2.23 bits per heavy atom. The first kappa shape index (κ1) is 16.0. The Kier molecular flexibility index (Phi) is 4.57. The topological polar surface area (TPSA) is 55.4 Å². The fourth-order valence-corrected chi connectivity index (χ4v) is 4.83. The maximum Gasteiger partial charge on any atom is 0.297 e. The van der Waals surface area contributed by atoms with Crippen LogP contribution in [-0.4, -0.2) is 27.6 Å². The lowest BCUT2D eigenvalue weighted by Crippen LogP contribution is -2.40. The highest BCUT2D eigenvalue weighted by molar-refractivity contribution is 7.86. The molecule has 22 heavy (non-hydrogen) atoms. The Hall–Kier alpha value is -0.910. The quantitative estimate of drug-likeness (QED) is 0.869. The fourth-order valence-electron chi connectivity index (χ4n) is 3.70. The Morgan fingerprint density at radius 2 is 1.64 bits per heavy atom. The SMILES string of the molecule is Cc1ccc(S(=O)(=O)OC2CCC3(CCNCC3)CC2)cc1. The highest BCUT2D eigenvalue weighted by Gasteiger charge is 2.37. The molecule has 4 nitrogen and oxygen atoms in total. The lowest BCUT2D eigenvalue weighted by molar-refractivity contribution is 0.0604. The van der Waals surface area contributed by atoms with Gasteiger partial charge in [0.25, 0.3) is 10.1 Å². The first-order valence-corrected chi connectivity index (χ1v) is 9.61. The van der Waals surface area contributed by atoms with E-state index in [1.54, 1.807) is 24.3 Å². The second-order valence-corrected chi connectivity index (χ2v) is 8.38. The van der Waals surface area contributed by atoms with Crippen molar-refractivity contribution in [3.63, 3.8) is 0 Å². The third-order valence-corrected chi connectivity index (χ3v) is 6.60. The predicted molar refractivity (Wildman–Crippen MR) is 86.2 cm³/mol. The van der Waals surface area contributed by atoms with Crippen molar-refractivity contribution in [2.75, 3.05) is 13.1 Å². The number of hydrogen-bond acceptors (Lipinski definition) is 4. The van der Waals surface area contributed by atoms with Crippen molar-refractivity contribution in [3.05, 3.63) is 29.8 Å². The van der Waals surface area contributed by atoms with Crippen LogP contribution in [0.25, 0.3) is 0 Å². The van der Waals surface area contributed by atoms with Crippen LogP contribution in [0.5, 0.6) is 0 Å². The Morgan fingerprint density at radius 1 is 1.05 bits per heavy atom. The van der Waals surface area contributed by atoms with Gasteiger partial charge in [0.2, 0.25) is 0 Å². The molecule has 1 aliphatic heterocycles. The molecule has 0 amide bonds. The van der Waals surface area contributed by atoms with Crippen molar-refractivity contribution < 1.29 is 12.6 Å². The van der Waals surface area contributed by atoms with Crippen LogP contribution in [0.2, 0.25) is 0 Å². The van der Waals surface area contributed by atoms with Crippen LogP contribution < -0.4 is 5.32 Å². The van der Waals surface area contributed by atoms with Gasteiger partial charge in [-0.05, 0) is 76.1 Å². The summed E-state index contributed by atoms with van der Waals surface area (Å²) in [6, 6.07) is 6.87. The van der Waals surface area contributed by atoms with Gasteiger partial charge in [0.15, 0.2) is 0 Å². The summed E-state index contributed by atoms with van der Waals surface area (Å²) in [5, 5.41) is 3.40. The summed E-state index contributed by atoms with van der Waals surface area (Å²) in [6.45, 7) is 4.12. The van der Waals surface area contributed by atoms with Crippen molar-refractivity contribution in [2.45, 2.75) is 56.4 Å². The molecule has 3 rings (SSSR count). The molecule has 1 saturated carbocycles. The minimum atomic E-state index is -3.63. The van der Waals surface area contributed by atoms with E-state index in [4.69, 9.17) is 4.18 Å². The molecule has 5 heteroatoms. The van der Waals surface area contributed by atoms with Gasteiger partial charge in [-0.3, -0.25) is 4.18 Å². The third kappa shape index (κ3) is 3.53. The summed E-state index contributed by atoms with van der Waals surface area (Å²) in [5.41, 5.74) is 1.48. The van der Waals surface area contributed by atoms with Gasteiger partial charge < -0.3 is 5.32 Å². The maximum absolute atomic E-state index is 12.3. The molecule has 0 bridgehead atoms. The Balaban J connectivity index is 1.61. The van der Waals surface area contributed by atoms with Crippen LogP contribution in [0.1, 0.15) is 44.1 Å². The zero-order valence-corrected chi connectivity index (χ0v) is 14.0. The fraction of sp³-hybridized carbons (Fsp3) is 0.647. The van der Waals surface area contributed by atoms with Gasteiger partial charge in [0.05, 0.1) is 11.0 Å². The first-order valence-electron chi connectivity index (χ1n) is 8.20. The van der Waals surface area contributed by atoms with Gasteiger partial charge in [-0.15, -0.1) is 0 Å². The predicted octanol–water partition coefficient (Wildman–Crippen LogP) is 3.01. The van der Waals surface area contributed by atoms with Crippen LogP contribution in [0.15, 0.2) is 29.2 Å². The summed E-state index contributed by atoms with van der Waals surface area (Å²) >= 11 is 0. The molecule has 1 heterocycles. The van der Waals surface area contributed by atoms with Gasteiger partial charge in [-0.1, -0.05) is 17.7 Å². The minimum absolute atomic E-state index is 0.160. The lowest BCUT2D eigenvalue weighted by atomic mass is 9.68. The van der Waals surface area contributed by atoms with Crippen LogP contribution in [0.3, 0.4) is 0 Å². The molecule has 0 radical (unpaired) electrons. The molecule has 1 aliphatic carbocycles. The van der Waals surface area contributed by atoms with Gasteiger partial charge >= 0.3 is 0 Å². The van der Waals surface area contributed by atoms with Crippen molar-refractivity contribution >= 4 is 10.1 Å². The monoisotopic (exact) mass is 323 g/mol. The molecule has 122 valence electrons. The van der Waals surface area contributed by atoms with E-state index in [2.05, 4.69) is 5.32 Å². The molecule has 1 N–H and O–H groups in total. The van der Waals surface area contributed by atoms with E-state index in [0.29, 0.717) is 5.41 Å². The third-order valence-electron chi connectivity index (χ3n) is 5.23. The molecule has 0 aromatic heterocycles. The normalized spacial score (nSPS) is 22.8. The molecule has 0 atom stereocenters. The molecule has 1 aromatic rings. The number of aryl methyl sites for hydroxylation is 1. The highest BCUT2D eigenvalue weighted by atomic mass is 32.2. The second kappa shape index (κ2) is 6.30. The van der Waals surface area contributed by atoms with Gasteiger partial charge in [-0.2, -0.15) is 8.42 Å². The van der Waals surface area contributed by atoms with Crippen LogP contribution >= 0.6 is 0 Å². The zero-order chi connectivity index (χ0) is 15.6.